The Morgan fingerprint density at radius 2 is 2.39 bits per heavy atom. The fraction of sp³-hybridized carbons (Fsp3) is 0.462. The Kier molecular flexibility index (Phi) is 4.60. The molecule has 0 aromatic heterocycles. The third-order valence-corrected chi connectivity index (χ3v) is 3.83. The summed E-state index contributed by atoms with van der Waals surface area (Å²) in [7, 11) is 0. The van der Waals surface area contributed by atoms with Crippen molar-refractivity contribution in [1.82, 2.24) is 5.32 Å². The van der Waals surface area contributed by atoms with Crippen LogP contribution < -0.4 is 15.8 Å². The molecule has 2 rings (SSSR count). The normalized spacial score (nSPS) is 18.8. The maximum Gasteiger partial charge on any atom is 0.253 e. The van der Waals surface area contributed by atoms with Crippen LogP contribution in [0.1, 0.15) is 23.2 Å². The molecule has 1 aliphatic rings. The van der Waals surface area contributed by atoms with E-state index in [1.54, 1.807) is 12.1 Å². The smallest absolute Gasteiger partial charge is 0.253 e. The topological polar surface area (TPSA) is 64.4 Å². The molecule has 4 nitrogen and oxygen atoms in total. The summed E-state index contributed by atoms with van der Waals surface area (Å²) in [5.41, 5.74) is 5.77. The minimum Gasteiger partial charge on any atom is -0.493 e. The molecule has 0 spiro atoms. The molecular formula is C13H17BrN2O2. The molecule has 1 unspecified atom stereocenters. The number of nitrogens with one attached hydrogen (secondary N) is 1. The molecule has 0 saturated carbocycles. The first-order chi connectivity index (χ1) is 8.68. The van der Waals surface area contributed by atoms with Crippen LogP contribution in [-0.2, 0) is 0 Å². The van der Waals surface area contributed by atoms with Gasteiger partial charge in [-0.25, -0.2) is 0 Å². The van der Waals surface area contributed by atoms with Crippen molar-refractivity contribution in [2.45, 2.75) is 12.8 Å². The second-order valence-electron chi connectivity index (χ2n) is 4.47. The predicted molar refractivity (Wildman–Crippen MR) is 73.7 cm³/mol. The second-order valence-corrected chi connectivity index (χ2v) is 5.33. The maximum atomic E-state index is 11.4. The fourth-order valence-corrected chi connectivity index (χ4v) is 2.70. The highest BCUT2D eigenvalue weighted by Gasteiger charge is 2.16. The van der Waals surface area contributed by atoms with Gasteiger partial charge in [0.2, 0.25) is 0 Å². The molecule has 1 aromatic carbocycles. The lowest BCUT2D eigenvalue weighted by Gasteiger charge is -2.13. The summed E-state index contributed by atoms with van der Waals surface area (Å²) >= 11 is 3.32. The number of hydrogen-bond donors (Lipinski definition) is 2. The number of carbonyl (C=O) groups excluding carboxylic acids is 1. The first-order valence-corrected chi connectivity index (χ1v) is 6.89. The number of halogens is 1. The zero-order chi connectivity index (χ0) is 13.0. The van der Waals surface area contributed by atoms with E-state index in [0.717, 1.165) is 19.5 Å². The number of carbonyl (C=O) groups is 1. The monoisotopic (exact) mass is 312 g/mol. The van der Waals surface area contributed by atoms with Crippen molar-refractivity contribution in [3.05, 3.63) is 28.2 Å². The lowest BCUT2D eigenvalue weighted by atomic mass is 10.1. The summed E-state index contributed by atoms with van der Waals surface area (Å²) < 4.78 is 6.36. The van der Waals surface area contributed by atoms with E-state index in [0.29, 0.717) is 28.3 Å². The summed E-state index contributed by atoms with van der Waals surface area (Å²) in [6, 6.07) is 5.40. The molecule has 0 aliphatic carbocycles. The zero-order valence-corrected chi connectivity index (χ0v) is 11.7. The van der Waals surface area contributed by atoms with Gasteiger partial charge in [0.1, 0.15) is 5.75 Å². The summed E-state index contributed by atoms with van der Waals surface area (Å²) in [4.78, 5) is 11.4. The van der Waals surface area contributed by atoms with Gasteiger partial charge in [0.25, 0.3) is 5.91 Å². The molecule has 1 saturated heterocycles. The fourth-order valence-electron chi connectivity index (χ4n) is 2.16. The van der Waals surface area contributed by atoms with Crippen LogP contribution in [0.25, 0.3) is 0 Å². The SMILES string of the molecule is NC(=O)c1c(Br)cccc1OCCC1CCNC1. The molecule has 3 N–H and O–H groups in total. The summed E-state index contributed by atoms with van der Waals surface area (Å²) in [6.45, 7) is 2.77. The third kappa shape index (κ3) is 3.23. The molecule has 1 fully saturated rings. The van der Waals surface area contributed by atoms with Gasteiger partial charge < -0.3 is 15.8 Å². The number of ether oxygens (including phenoxy) is 1. The van der Waals surface area contributed by atoms with Crippen molar-refractivity contribution in [3.63, 3.8) is 0 Å². The summed E-state index contributed by atoms with van der Waals surface area (Å²) in [5.74, 6) is 0.761. The van der Waals surface area contributed by atoms with Gasteiger partial charge in [-0.05, 0) is 59.9 Å². The molecule has 1 heterocycles. The number of rotatable bonds is 5. The summed E-state index contributed by atoms with van der Waals surface area (Å²) in [5, 5.41) is 3.32. The number of hydrogen-bond acceptors (Lipinski definition) is 3. The van der Waals surface area contributed by atoms with Crippen molar-refractivity contribution in [1.29, 1.82) is 0 Å². The highest BCUT2D eigenvalue weighted by Crippen LogP contribution is 2.26. The molecule has 1 atom stereocenters. The van der Waals surface area contributed by atoms with Crippen LogP contribution in [0.15, 0.2) is 22.7 Å². The standard InChI is InChI=1S/C13H17BrN2O2/c14-10-2-1-3-11(12(10)13(15)17)18-7-5-9-4-6-16-8-9/h1-3,9,16H,4-8H2,(H2,15,17). The first-order valence-electron chi connectivity index (χ1n) is 6.10. The largest absolute Gasteiger partial charge is 0.493 e. The molecule has 1 aromatic rings. The molecule has 98 valence electrons. The van der Waals surface area contributed by atoms with Crippen LogP contribution in [0, 0.1) is 5.92 Å². The van der Waals surface area contributed by atoms with E-state index in [-0.39, 0.29) is 0 Å². The van der Waals surface area contributed by atoms with E-state index in [4.69, 9.17) is 10.5 Å². The maximum absolute atomic E-state index is 11.4. The Morgan fingerprint density at radius 3 is 3.06 bits per heavy atom. The summed E-state index contributed by atoms with van der Waals surface area (Å²) in [6.07, 6.45) is 2.20. The van der Waals surface area contributed by atoms with Crippen molar-refractivity contribution < 1.29 is 9.53 Å². The quantitative estimate of drug-likeness (QED) is 0.873. The lowest BCUT2D eigenvalue weighted by molar-refractivity contribution is 0.0995. The number of nitrogens with two attached hydrogens (primary N) is 1. The minimum absolute atomic E-state index is 0.419. The Bertz CT molecular complexity index is 431. The highest BCUT2D eigenvalue weighted by molar-refractivity contribution is 9.10. The van der Waals surface area contributed by atoms with Gasteiger partial charge in [-0.2, -0.15) is 0 Å². The van der Waals surface area contributed by atoms with Gasteiger partial charge in [-0.15, -0.1) is 0 Å². The van der Waals surface area contributed by atoms with E-state index >= 15 is 0 Å². The van der Waals surface area contributed by atoms with Gasteiger partial charge in [0.05, 0.1) is 12.2 Å². The number of benzene rings is 1. The van der Waals surface area contributed by atoms with Crippen LogP contribution >= 0.6 is 15.9 Å². The van der Waals surface area contributed by atoms with Crippen LogP contribution in [0.4, 0.5) is 0 Å². The van der Waals surface area contributed by atoms with Crippen LogP contribution in [0.3, 0.4) is 0 Å². The Balaban J connectivity index is 1.96. The van der Waals surface area contributed by atoms with Crippen LogP contribution in [-0.4, -0.2) is 25.6 Å². The third-order valence-electron chi connectivity index (χ3n) is 3.17. The van der Waals surface area contributed by atoms with Crippen molar-refractivity contribution in [2.24, 2.45) is 11.7 Å². The van der Waals surface area contributed by atoms with Crippen molar-refractivity contribution in [3.8, 4) is 5.75 Å². The Hall–Kier alpha value is -1.07. The number of amides is 1. The molecular weight excluding hydrogens is 296 g/mol. The number of primary amides is 1. The van der Waals surface area contributed by atoms with E-state index in [2.05, 4.69) is 21.2 Å². The zero-order valence-electron chi connectivity index (χ0n) is 10.1. The Labute approximate surface area is 115 Å². The van der Waals surface area contributed by atoms with Gasteiger partial charge in [-0.3, -0.25) is 4.79 Å². The molecule has 18 heavy (non-hydrogen) atoms. The molecule has 1 aliphatic heterocycles. The van der Waals surface area contributed by atoms with Gasteiger partial charge in [-0.1, -0.05) is 6.07 Å². The Morgan fingerprint density at radius 1 is 1.56 bits per heavy atom. The minimum atomic E-state index is -0.472. The molecule has 0 radical (unpaired) electrons. The first kappa shape index (κ1) is 13.4. The van der Waals surface area contributed by atoms with E-state index in [9.17, 15) is 4.79 Å². The van der Waals surface area contributed by atoms with Crippen molar-refractivity contribution in [2.75, 3.05) is 19.7 Å². The molecule has 1 amide bonds. The van der Waals surface area contributed by atoms with Crippen LogP contribution in [0.2, 0.25) is 0 Å². The van der Waals surface area contributed by atoms with Crippen molar-refractivity contribution >= 4 is 21.8 Å². The van der Waals surface area contributed by atoms with Crippen LogP contribution in [0.5, 0.6) is 5.75 Å². The average molecular weight is 313 g/mol. The van der Waals surface area contributed by atoms with Gasteiger partial charge >= 0.3 is 0 Å². The second kappa shape index (κ2) is 6.20. The van der Waals surface area contributed by atoms with E-state index < -0.39 is 5.91 Å². The van der Waals surface area contributed by atoms with E-state index in [1.165, 1.54) is 6.42 Å². The van der Waals surface area contributed by atoms with E-state index in [1.807, 2.05) is 6.07 Å². The molecule has 0 bridgehead atoms. The highest BCUT2D eigenvalue weighted by atomic mass is 79.9. The molecule has 5 heteroatoms. The van der Waals surface area contributed by atoms with Gasteiger partial charge in [0.15, 0.2) is 0 Å². The predicted octanol–water partition coefficient (Wildman–Crippen LogP) is 1.93. The average Bonchev–Trinajstić information content (AvgIpc) is 2.81. The van der Waals surface area contributed by atoms with Gasteiger partial charge in [0, 0.05) is 4.47 Å². The lowest BCUT2D eigenvalue weighted by Crippen LogP contribution is -2.15.